The highest BCUT2D eigenvalue weighted by molar-refractivity contribution is 6.50. The first-order valence-corrected chi connectivity index (χ1v) is 7.06. The number of rotatable bonds is 2. The number of nitriles is 1. The lowest BCUT2D eigenvalue weighted by Gasteiger charge is -2.33. The molecule has 2 rings (SSSR count). The first kappa shape index (κ1) is 16.8. The number of benzene rings is 1. The summed E-state index contributed by atoms with van der Waals surface area (Å²) in [6.07, 6.45) is 0. The number of hydroxylamine groups is 3. The van der Waals surface area contributed by atoms with Crippen molar-refractivity contribution < 1.29 is 14.7 Å². The maximum absolute atomic E-state index is 12.4. The van der Waals surface area contributed by atoms with Crippen LogP contribution in [-0.4, -0.2) is 43.5 Å². The van der Waals surface area contributed by atoms with Gasteiger partial charge in [0.15, 0.2) is 6.07 Å². The summed E-state index contributed by atoms with van der Waals surface area (Å²) in [5.74, 6) is -0.852. The molecule has 0 aromatic heterocycles. The predicted octanol–water partition coefficient (Wildman–Crippen LogP) is 1.96. The third-order valence-corrected chi connectivity index (χ3v) is 3.75. The van der Waals surface area contributed by atoms with E-state index in [1.165, 1.54) is 12.1 Å². The molecule has 1 N–H and O–H groups in total. The van der Waals surface area contributed by atoms with Crippen LogP contribution in [0.5, 0.6) is 0 Å². The molecule has 0 atom stereocenters. The highest BCUT2D eigenvalue weighted by Gasteiger charge is 2.51. The molecule has 0 saturated heterocycles. The number of aliphatic imine (C=N–C) groups is 1. The van der Waals surface area contributed by atoms with Crippen LogP contribution in [0.1, 0.15) is 38.1 Å². The van der Waals surface area contributed by atoms with Crippen LogP contribution in [0.4, 0.5) is 0 Å². The Morgan fingerprint density at radius 2 is 1.87 bits per heavy atom. The SMILES string of the molecule is CC1(C)N=C(/C(C#N)=[N+](\[O-])C(=O)c2ccccc2)C(C)(C)N1O. The molecule has 1 heterocycles. The van der Waals surface area contributed by atoms with Crippen LogP contribution in [0.2, 0.25) is 0 Å². The summed E-state index contributed by atoms with van der Waals surface area (Å²) >= 11 is 0. The maximum atomic E-state index is 12.4. The van der Waals surface area contributed by atoms with Crippen molar-refractivity contribution in [2.75, 3.05) is 0 Å². The molecule has 1 aromatic rings. The first-order valence-electron chi connectivity index (χ1n) is 7.06. The fraction of sp³-hybridized carbons (Fsp3) is 0.375. The minimum Gasteiger partial charge on any atom is -0.615 e. The molecular weight excluding hydrogens is 296 g/mol. The van der Waals surface area contributed by atoms with Crippen molar-refractivity contribution in [2.24, 2.45) is 4.99 Å². The van der Waals surface area contributed by atoms with Crippen LogP contribution in [0, 0.1) is 16.5 Å². The van der Waals surface area contributed by atoms with Gasteiger partial charge in [-0.1, -0.05) is 18.2 Å². The fourth-order valence-electron chi connectivity index (χ4n) is 2.58. The van der Waals surface area contributed by atoms with Gasteiger partial charge < -0.3 is 10.4 Å². The highest BCUT2D eigenvalue weighted by Crippen LogP contribution is 2.33. The Hall–Kier alpha value is -2.56. The van der Waals surface area contributed by atoms with Gasteiger partial charge in [0.25, 0.3) is 0 Å². The second-order valence-corrected chi connectivity index (χ2v) is 6.25. The molecule has 7 heteroatoms. The van der Waals surface area contributed by atoms with E-state index in [0.29, 0.717) is 0 Å². The topological polar surface area (TPSA) is 103 Å². The Kier molecular flexibility index (Phi) is 4.07. The van der Waals surface area contributed by atoms with Gasteiger partial charge in [0.1, 0.15) is 11.4 Å². The Morgan fingerprint density at radius 3 is 2.30 bits per heavy atom. The number of carbonyl (C=O) groups is 1. The summed E-state index contributed by atoms with van der Waals surface area (Å²) in [6.45, 7) is 6.54. The lowest BCUT2D eigenvalue weighted by atomic mass is 9.95. The summed E-state index contributed by atoms with van der Waals surface area (Å²) in [7, 11) is 0. The number of amides is 1. The van der Waals surface area contributed by atoms with E-state index in [9.17, 15) is 20.5 Å². The quantitative estimate of drug-likeness (QED) is 0.389. The zero-order valence-electron chi connectivity index (χ0n) is 13.4. The van der Waals surface area contributed by atoms with E-state index in [0.717, 1.165) is 5.06 Å². The van der Waals surface area contributed by atoms with Gasteiger partial charge in [0, 0.05) is 0 Å². The Bertz CT molecular complexity index is 742. The zero-order valence-corrected chi connectivity index (χ0v) is 13.4. The molecule has 1 aromatic carbocycles. The monoisotopic (exact) mass is 314 g/mol. The predicted molar refractivity (Wildman–Crippen MR) is 84.2 cm³/mol. The summed E-state index contributed by atoms with van der Waals surface area (Å²) in [5.41, 5.74) is -2.25. The summed E-state index contributed by atoms with van der Waals surface area (Å²) in [5, 5.41) is 33.0. The van der Waals surface area contributed by atoms with E-state index in [1.54, 1.807) is 52.0 Å². The summed E-state index contributed by atoms with van der Waals surface area (Å²) in [6, 6.07) is 9.71. The molecule has 1 amide bonds. The van der Waals surface area contributed by atoms with Crippen LogP contribution in [-0.2, 0) is 0 Å². The molecule has 0 fully saturated rings. The molecule has 1 aliphatic rings. The Labute approximate surface area is 134 Å². The van der Waals surface area contributed by atoms with Gasteiger partial charge in [-0.25, -0.2) is 4.79 Å². The van der Waals surface area contributed by atoms with Crippen molar-refractivity contribution in [1.82, 2.24) is 5.06 Å². The summed E-state index contributed by atoms with van der Waals surface area (Å²) < 4.78 is 0.0329. The third-order valence-electron chi connectivity index (χ3n) is 3.75. The third kappa shape index (κ3) is 2.74. The number of hydrogen-bond donors (Lipinski definition) is 1. The normalized spacial score (nSPS) is 20.4. The minimum absolute atomic E-state index is 0.0329. The van der Waals surface area contributed by atoms with Crippen molar-refractivity contribution in [1.29, 1.82) is 5.26 Å². The van der Waals surface area contributed by atoms with Crippen molar-refractivity contribution >= 4 is 17.3 Å². The van der Waals surface area contributed by atoms with E-state index in [-0.39, 0.29) is 16.0 Å². The largest absolute Gasteiger partial charge is 0.615 e. The van der Waals surface area contributed by atoms with Gasteiger partial charge in [-0.05, 0) is 39.8 Å². The van der Waals surface area contributed by atoms with Crippen LogP contribution < -0.4 is 0 Å². The molecule has 0 radical (unpaired) electrons. The van der Waals surface area contributed by atoms with Gasteiger partial charge in [0.05, 0.1) is 11.1 Å². The maximum Gasteiger partial charge on any atom is 0.431 e. The van der Waals surface area contributed by atoms with Crippen molar-refractivity contribution in [3.63, 3.8) is 0 Å². The van der Waals surface area contributed by atoms with Crippen LogP contribution >= 0.6 is 0 Å². The average Bonchev–Trinajstić information content (AvgIpc) is 2.68. The van der Waals surface area contributed by atoms with Crippen LogP contribution in [0.3, 0.4) is 0 Å². The smallest absolute Gasteiger partial charge is 0.431 e. The van der Waals surface area contributed by atoms with Gasteiger partial charge in [-0.3, -0.25) is 4.99 Å². The number of nitrogens with zero attached hydrogens (tertiary/aromatic N) is 4. The molecule has 7 nitrogen and oxygen atoms in total. The molecule has 0 unspecified atom stereocenters. The van der Waals surface area contributed by atoms with Gasteiger partial charge in [0.2, 0.25) is 0 Å². The molecule has 1 aliphatic heterocycles. The first-order chi connectivity index (χ1) is 10.6. The van der Waals surface area contributed by atoms with Gasteiger partial charge in [-0.2, -0.15) is 10.3 Å². The second-order valence-electron chi connectivity index (χ2n) is 6.25. The van der Waals surface area contributed by atoms with E-state index < -0.39 is 22.8 Å². The molecular formula is C16H18N4O3. The van der Waals surface area contributed by atoms with Crippen LogP contribution in [0.25, 0.3) is 0 Å². The van der Waals surface area contributed by atoms with Crippen LogP contribution in [0.15, 0.2) is 35.3 Å². The molecule has 0 spiro atoms. The van der Waals surface area contributed by atoms with Crippen molar-refractivity contribution in [3.05, 3.63) is 41.1 Å². The lowest BCUT2D eigenvalue weighted by molar-refractivity contribution is -0.349. The van der Waals surface area contributed by atoms with Crippen molar-refractivity contribution in [2.45, 2.75) is 38.9 Å². The van der Waals surface area contributed by atoms with E-state index in [2.05, 4.69) is 4.99 Å². The second kappa shape index (κ2) is 5.57. The molecule has 0 bridgehead atoms. The van der Waals surface area contributed by atoms with E-state index >= 15 is 0 Å². The molecule has 0 saturated carbocycles. The summed E-state index contributed by atoms with van der Waals surface area (Å²) in [4.78, 5) is 16.5. The molecule has 23 heavy (non-hydrogen) atoms. The highest BCUT2D eigenvalue weighted by atomic mass is 16.5. The lowest BCUT2D eigenvalue weighted by Crippen LogP contribution is -2.52. The Morgan fingerprint density at radius 1 is 1.30 bits per heavy atom. The van der Waals surface area contributed by atoms with Crippen molar-refractivity contribution in [3.8, 4) is 6.07 Å². The van der Waals surface area contributed by atoms with Gasteiger partial charge in [-0.15, -0.1) is 4.74 Å². The van der Waals surface area contributed by atoms with Gasteiger partial charge >= 0.3 is 11.6 Å². The molecule has 120 valence electrons. The van der Waals surface area contributed by atoms with E-state index in [1.807, 2.05) is 0 Å². The average molecular weight is 314 g/mol. The standard InChI is InChI=1S/C16H18N4O3/c1-15(2)13(18-16(3,4)20(15)23)12(10-17)19(22)14(21)11-8-6-5-7-9-11/h5-9,23H,1-4H3/b19-12-. The minimum atomic E-state index is -1.08. The fourth-order valence-corrected chi connectivity index (χ4v) is 2.58. The Balaban J connectivity index is 2.56. The zero-order chi connectivity index (χ0) is 17.4. The van der Waals surface area contributed by atoms with E-state index in [4.69, 9.17) is 0 Å². The molecule has 0 aliphatic carbocycles. The number of carbonyl (C=O) groups excluding carboxylic acids is 1. The number of hydrogen-bond acceptors (Lipinski definition) is 6.